The fourth-order valence-electron chi connectivity index (χ4n) is 6.92. The normalized spacial score (nSPS) is 25.8. The molecule has 3 aliphatic carbocycles. The van der Waals surface area contributed by atoms with Crippen molar-refractivity contribution >= 4 is 29.4 Å². The SMILES string of the molecule is COc1cc(F)c(OC2CCC(C(=O)O)CC2)cc1C(=O)N[C@@H]1[C@H]2CC[C@H](C2)[C@@H]1C(=O)Nc1cc(C(N)=O)cc(C(F)(F)F)c1. The highest BCUT2D eigenvalue weighted by Crippen LogP contribution is 2.49. The molecule has 242 valence electrons. The van der Waals surface area contributed by atoms with Gasteiger partial charge in [0.1, 0.15) is 5.75 Å². The lowest BCUT2D eigenvalue weighted by atomic mass is 9.83. The number of anilines is 1. The zero-order valence-corrected chi connectivity index (χ0v) is 24.3. The van der Waals surface area contributed by atoms with Crippen LogP contribution in [0.4, 0.5) is 23.2 Å². The van der Waals surface area contributed by atoms with Crippen LogP contribution in [0, 0.1) is 29.5 Å². The maximum absolute atomic E-state index is 14.9. The van der Waals surface area contributed by atoms with Crippen molar-refractivity contribution in [3.63, 3.8) is 0 Å². The zero-order valence-electron chi connectivity index (χ0n) is 24.3. The molecule has 3 fully saturated rings. The number of amides is 3. The number of rotatable bonds is 9. The van der Waals surface area contributed by atoms with Gasteiger partial charge in [-0.1, -0.05) is 0 Å². The summed E-state index contributed by atoms with van der Waals surface area (Å²) in [6.45, 7) is 0. The lowest BCUT2D eigenvalue weighted by molar-refractivity contribution is -0.143. The summed E-state index contributed by atoms with van der Waals surface area (Å²) in [6, 6.07) is 3.93. The number of ether oxygens (including phenoxy) is 2. The molecule has 4 atom stereocenters. The first-order chi connectivity index (χ1) is 21.2. The third kappa shape index (κ3) is 6.84. The van der Waals surface area contributed by atoms with Crippen LogP contribution in [0.1, 0.15) is 71.2 Å². The molecule has 5 N–H and O–H groups in total. The monoisotopic (exact) mass is 635 g/mol. The van der Waals surface area contributed by atoms with Gasteiger partial charge in [0.25, 0.3) is 5.91 Å². The number of halogens is 4. The van der Waals surface area contributed by atoms with E-state index in [9.17, 15) is 41.8 Å². The number of hydrogen-bond donors (Lipinski definition) is 4. The number of aliphatic carboxylic acids is 1. The standard InChI is InChI=1S/C31H33F4N3O7/c1-44-23-13-22(32)24(45-20-6-4-14(5-7-20)30(42)43)12-21(23)28(40)38-26-16-3-2-15(8-16)25(26)29(41)37-19-10-17(27(36)39)9-18(11-19)31(33,34)35/h9-16,20,25-26H,2-8H2,1H3,(H2,36,39)(H,37,41)(H,38,40)(H,42,43)/t14?,15-,16+,20?,25+,26-/m1/s1. The first kappa shape index (κ1) is 32.0. The molecule has 0 spiro atoms. The maximum atomic E-state index is 14.9. The summed E-state index contributed by atoms with van der Waals surface area (Å²) >= 11 is 0. The fraction of sp³-hybridized carbons (Fsp3) is 0.484. The minimum atomic E-state index is -4.79. The van der Waals surface area contributed by atoms with Crippen LogP contribution in [0.2, 0.25) is 0 Å². The summed E-state index contributed by atoms with van der Waals surface area (Å²) in [5, 5.41) is 14.6. The molecule has 0 aromatic heterocycles. The molecule has 3 aliphatic rings. The number of carboxylic acids is 1. The number of benzene rings is 2. The van der Waals surface area contributed by atoms with E-state index in [1.807, 2.05) is 0 Å². The van der Waals surface area contributed by atoms with Gasteiger partial charge in [0.15, 0.2) is 11.6 Å². The number of carboxylic acid groups (broad SMARTS) is 1. The van der Waals surface area contributed by atoms with Gasteiger partial charge in [0, 0.05) is 23.4 Å². The molecule has 2 aromatic rings. The predicted molar refractivity (Wildman–Crippen MR) is 151 cm³/mol. The van der Waals surface area contributed by atoms with Gasteiger partial charge in [-0.2, -0.15) is 13.2 Å². The number of nitrogens with one attached hydrogen (secondary N) is 2. The van der Waals surface area contributed by atoms with Crippen molar-refractivity contribution in [2.45, 2.75) is 63.3 Å². The number of carbonyl (C=O) groups excluding carboxylic acids is 3. The van der Waals surface area contributed by atoms with Crippen LogP contribution in [0.3, 0.4) is 0 Å². The summed E-state index contributed by atoms with van der Waals surface area (Å²) < 4.78 is 66.4. The topological polar surface area (TPSA) is 157 Å². The highest BCUT2D eigenvalue weighted by molar-refractivity contribution is 6.00. The van der Waals surface area contributed by atoms with Crippen LogP contribution in [-0.4, -0.2) is 48.1 Å². The van der Waals surface area contributed by atoms with Gasteiger partial charge in [-0.05, 0) is 81.0 Å². The zero-order chi connectivity index (χ0) is 32.6. The lowest BCUT2D eigenvalue weighted by Gasteiger charge is -2.31. The Kier molecular flexibility index (Phi) is 8.95. The smallest absolute Gasteiger partial charge is 0.416 e. The largest absolute Gasteiger partial charge is 0.496 e. The number of hydrogen-bond acceptors (Lipinski definition) is 6. The Balaban J connectivity index is 1.34. The number of primary amides is 1. The Morgan fingerprint density at radius 2 is 1.62 bits per heavy atom. The van der Waals surface area contributed by atoms with Gasteiger partial charge in [-0.25, -0.2) is 4.39 Å². The summed E-state index contributed by atoms with van der Waals surface area (Å²) in [6.07, 6.45) is -1.64. The Labute approximate surface area is 255 Å². The Morgan fingerprint density at radius 1 is 0.933 bits per heavy atom. The van der Waals surface area contributed by atoms with Gasteiger partial charge < -0.3 is 30.9 Å². The highest BCUT2D eigenvalue weighted by Gasteiger charge is 2.51. The molecule has 45 heavy (non-hydrogen) atoms. The van der Waals surface area contributed by atoms with Crippen molar-refractivity contribution in [2.24, 2.45) is 29.4 Å². The van der Waals surface area contributed by atoms with E-state index >= 15 is 0 Å². The van der Waals surface area contributed by atoms with Crippen LogP contribution in [0.15, 0.2) is 30.3 Å². The first-order valence-electron chi connectivity index (χ1n) is 14.7. The third-order valence-electron chi connectivity index (χ3n) is 9.15. The minimum Gasteiger partial charge on any atom is -0.496 e. The van der Waals surface area contributed by atoms with Crippen LogP contribution < -0.4 is 25.8 Å². The molecule has 0 aliphatic heterocycles. The molecule has 3 amide bonds. The average Bonchev–Trinajstić information content (AvgIpc) is 3.59. The lowest BCUT2D eigenvalue weighted by Crippen LogP contribution is -2.48. The second-order valence-corrected chi connectivity index (χ2v) is 11.9. The molecule has 0 saturated heterocycles. The molecule has 0 radical (unpaired) electrons. The molecule has 0 unspecified atom stereocenters. The summed E-state index contributed by atoms with van der Waals surface area (Å²) in [4.78, 5) is 50.0. The fourth-order valence-corrected chi connectivity index (χ4v) is 6.92. The summed E-state index contributed by atoms with van der Waals surface area (Å²) in [7, 11) is 1.27. The second-order valence-electron chi connectivity index (χ2n) is 11.9. The Hall–Kier alpha value is -4.36. The molecular formula is C31H33F4N3O7. The van der Waals surface area contributed by atoms with Crippen LogP contribution in [0.25, 0.3) is 0 Å². The molecule has 2 bridgehead atoms. The second kappa shape index (κ2) is 12.6. The third-order valence-corrected chi connectivity index (χ3v) is 9.15. The van der Waals surface area contributed by atoms with E-state index in [0.717, 1.165) is 18.6 Å². The van der Waals surface area contributed by atoms with E-state index < -0.39 is 70.8 Å². The first-order valence-corrected chi connectivity index (χ1v) is 14.7. The van der Waals surface area contributed by atoms with Gasteiger partial charge in [0.05, 0.1) is 36.2 Å². The van der Waals surface area contributed by atoms with Gasteiger partial charge in [0.2, 0.25) is 11.8 Å². The molecule has 10 nitrogen and oxygen atoms in total. The number of fused-ring (bicyclic) bond motifs is 2. The van der Waals surface area contributed by atoms with E-state index in [1.165, 1.54) is 13.2 Å². The number of carbonyl (C=O) groups is 4. The maximum Gasteiger partial charge on any atom is 0.416 e. The van der Waals surface area contributed by atoms with Crippen molar-refractivity contribution in [2.75, 3.05) is 12.4 Å². The minimum absolute atomic E-state index is 0.0426. The van der Waals surface area contributed by atoms with Gasteiger partial charge in [-0.3, -0.25) is 19.2 Å². The molecule has 14 heteroatoms. The van der Waals surface area contributed by atoms with E-state index in [0.29, 0.717) is 50.7 Å². The quantitative estimate of drug-likeness (QED) is 0.290. The van der Waals surface area contributed by atoms with Crippen molar-refractivity contribution in [1.29, 1.82) is 0 Å². The van der Waals surface area contributed by atoms with E-state index in [4.69, 9.17) is 15.2 Å². The van der Waals surface area contributed by atoms with Crippen LogP contribution in [-0.2, 0) is 15.8 Å². The molecule has 3 saturated carbocycles. The molecule has 5 rings (SSSR count). The van der Waals surface area contributed by atoms with E-state index in [2.05, 4.69) is 10.6 Å². The predicted octanol–water partition coefficient (Wildman–Crippen LogP) is 4.76. The van der Waals surface area contributed by atoms with Gasteiger partial charge >= 0.3 is 12.1 Å². The Bertz CT molecular complexity index is 1510. The Morgan fingerprint density at radius 3 is 2.24 bits per heavy atom. The number of alkyl halides is 3. The van der Waals surface area contributed by atoms with E-state index in [1.54, 1.807) is 0 Å². The average molecular weight is 636 g/mol. The van der Waals surface area contributed by atoms with Crippen LogP contribution in [0.5, 0.6) is 11.5 Å². The van der Waals surface area contributed by atoms with Crippen molar-refractivity contribution in [3.8, 4) is 11.5 Å². The number of nitrogens with two attached hydrogens (primary N) is 1. The highest BCUT2D eigenvalue weighted by atomic mass is 19.4. The molecule has 2 aromatic carbocycles. The number of methoxy groups -OCH3 is 1. The van der Waals surface area contributed by atoms with Crippen molar-refractivity contribution < 1.29 is 51.3 Å². The van der Waals surface area contributed by atoms with Crippen LogP contribution >= 0.6 is 0 Å². The molecule has 0 heterocycles. The summed E-state index contributed by atoms with van der Waals surface area (Å²) in [5.41, 5.74) is 3.34. The summed E-state index contributed by atoms with van der Waals surface area (Å²) in [5.74, 6) is -5.78. The van der Waals surface area contributed by atoms with Gasteiger partial charge in [-0.15, -0.1) is 0 Å². The van der Waals surface area contributed by atoms with Crippen molar-refractivity contribution in [3.05, 3.63) is 52.8 Å². The van der Waals surface area contributed by atoms with Crippen molar-refractivity contribution in [1.82, 2.24) is 5.32 Å². The molecular weight excluding hydrogens is 602 g/mol. The van der Waals surface area contributed by atoms with E-state index in [-0.39, 0.29) is 34.6 Å².